The minimum atomic E-state index is -1.77. The Morgan fingerprint density at radius 3 is 2.61 bits per heavy atom. The first-order valence-electron chi connectivity index (χ1n) is 9.36. The number of carbonyl (C=O) groups is 1. The summed E-state index contributed by atoms with van der Waals surface area (Å²) < 4.78 is 6.88. The zero-order chi connectivity index (χ0) is 22.0. The van der Waals surface area contributed by atoms with Crippen LogP contribution in [0.15, 0.2) is 54.7 Å². The SMILES string of the molecule is COc1nc2c(C(N)=O)cccc2n1-c1ncc(B(O)O)c(NCc2ccccc2)n1. The second-order valence-electron chi connectivity index (χ2n) is 6.66. The van der Waals surface area contributed by atoms with Gasteiger partial charge < -0.3 is 25.8 Å². The first kappa shape index (κ1) is 20.3. The van der Waals surface area contributed by atoms with Crippen LogP contribution in [-0.2, 0) is 6.54 Å². The number of fused-ring (bicyclic) bond motifs is 1. The van der Waals surface area contributed by atoms with Crippen LogP contribution in [0.5, 0.6) is 6.01 Å². The van der Waals surface area contributed by atoms with Crippen molar-refractivity contribution in [1.82, 2.24) is 19.5 Å². The van der Waals surface area contributed by atoms with Gasteiger partial charge in [-0.05, 0) is 17.7 Å². The van der Waals surface area contributed by atoms with Crippen LogP contribution in [-0.4, -0.2) is 49.7 Å². The summed E-state index contributed by atoms with van der Waals surface area (Å²) in [4.78, 5) is 24.9. The lowest BCUT2D eigenvalue weighted by atomic mass is 9.81. The highest BCUT2D eigenvalue weighted by Gasteiger charge is 2.23. The van der Waals surface area contributed by atoms with Gasteiger partial charge >= 0.3 is 13.1 Å². The molecule has 0 spiro atoms. The van der Waals surface area contributed by atoms with Crippen molar-refractivity contribution < 1.29 is 19.6 Å². The van der Waals surface area contributed by atoms with E-state index >= 15 is 0 Å². The number of primary amides is 1. The number of carbonyl (C=O) groups excluding carboxylic acids is 1. The summed E-state index contributed by atoms with van der Waals surface area (Å²) in [7, 11) is -0.336. The van der Waals surface area contributed by atoms with Crippen LogP contribution < -0.4 is 21.3 Å². The number of para-hydroxylation sites is 1. The predicted octanol–water partition coefficient (Wildman–Crippen LogP) is 0.215. The number of imidazole rings is 1. The van der Waals surface area contributed by atoms with Crippen molar-refractivity contribution in [3.8, 4) is 12.0 Å². The molecule has 11 heteroatoms. The molecule has 10 nitrogen and oxygen atoms in total. The number of nitrogens with two attached hydrogens (primary N) is 1. The van der Waals surface area contributed by atoms with E-state index in [2.05, 4.69) is 20.3 Å². The highest BCUT2D eigenvalue weighted by Crippen LogP contribution is 2.27. The zero-order valence-corrected chi connectivity index (χ0v) is 16.6. The maximum absolute atomic E-state index is 11.8. The molecule has 0 aliphatic rings. The molecule has 0 atom stereocenters. The van der Waals surface area contributed by atoms with E-state index in [1.54, 1.807) is 18.2 Å². The minimum absolute atomic E-state index is 0.112. The molecule has 0 radical (unpaired) electrons. The number of nitrogens with one attached hydrogen (secondary N) is 1. The number of amides is 1. The summed E-state index contributed by atoms with van der Waals surface area (Å²) in [6, 6.07) is 14.7. The van der Waals surface area contributed by atoms with Crippen molar-refractivity contribution in [2.45, 2.75) is 6.54 Å². The summed E-state index contributed by atoms with van der Waals surface area (Å²) in [5.74, 6) is -0.220. The average Bonchev–Trinajstić information content (AvgIpc) is 3.16. The minimum Gasteiger partial charge on any atom is -0.468 e. The fourth-order valence-electron chi connectivity index (χ4n) is 3.21. The molecule has 0 aliphatic heterocycles. The van der Waals surface area contributed by atoms with Crippen LogP contribution in [0.3, 0.4) is 0 Å². The van der Waals surface area contributed by atoms with Crippen molar-refractivity contribution >= 4 is 35.3 Å². The molecule has 1 amide bonds. The number of benzene rings is 2. The van der Waals surface area contributed by atoms with Gasteiger partial charge in [0.25, 0.3) is 5.91 Å². The van der Waals surface area contributed by atoms with Gasteiger partial charge in [0.15, 0.2) is 0 Å². The lowest BCUT2D eigenvalue weighted by molar-refractivity contribution is 0.100. The zero-order valence-electron chi connectivity index (χ0n) is 16.6. The fourth-order valence-corrected chi connectivity index (χ4v) is 3.21. The van der Waals surface area contributed by atoms with Crippen LogP contribution in [0.4, 0.5) is 5.82 Å². The largest absolute Gasteiger partial charge is 0.493 e. The number of hydrogen-bond acceptors (Lipinski definition) is 8. The van der Waals surface area contributed by atoms with Crippen molar-refractivity contribution in [2.75, 3.05) is 12.4 Å². The second kappa shape index (κ2) is 8.42. The Hall–Kier alpha value is -3.96. The quantitative estimate of drug-likeness (QED) is 0.312. The van der Waals surface area contributed by atoms with Crippen molar-refractivity contribution in [1.29, 1.82) is 0 Å². The van der Waals surface area contributed by atoms with Crippen LogP contribution in [0.2, 0.25) is 0 Å². The van der Waals surface area contributed by atoms with Crippen molar-refractivity contribution in [3.63, 3.8) is 0 Å². The smallest absolute Gasteiger partial charge is 0.468 e. The third kappa shape index (κ3) is 3.91. The van der Waals surface area contributed by atoms with E-state index in [0.717, 1.165) is 5.56 Å². The molecule has 0 saturated carbocycles. The molecular weight excluding hydrogens is 399 g/mol. The lowest BCUT2D eigenvalue weighted by Gasteiger charge is -2.13. The summed E-state index contributed by atoms with van der Waals surface area (Å²) in [6.07, 6.45) is 1.31. The third-order valence-corrected chi connectivity index (χ3v) is 4.69. The number of aromatic nitrogens is 4. The van der Waals surface area contributed by atoms with Gasteiger partial charge in [0, 0.05) is 18.2 Å². The molecule has 0 saturated heterocycles. The molecule has 0 bridgehead atoms. The van der Waals surface area contributed by atoms with Gasteiger partial charge in [-0.25, -0.2) is 9.55 Å². The Bertz CT molecular complexity index is 1250. The Morgan fingerprint density at radius 1 is 1.16 bits per heavy atom. The van der Waals surface area contributed by atoms with Crippen LogP contribution >= 0.6 is 0 Å². The normalized spacial score (nSPS) is 10.8. The lowest BCUT2D eigenvalue weighted by Crippen LogP contribution is -2.34. The highest BCUT2D eigenvalue weighted by atomic mass is 16.5. The first-order valence-corrected chi connectivity index (χ1v) is 9.36. The molecule has 31 heavy (non-hydrogen) atoms. The van der Waals surface area contributed by atoms with Gasteiger partial charge in [0.1, 0.15) is 11.3 Å². The standard InChI is InChI=1S/C20H19BN6O4/c1-31-20-25-16-13(17(22)28)8-5-9-15(16)27(20)19-24-11-14(21(29)30)18(26-19)23-10-12-6-3-2-4-7-12/h2-9,11,29-30H,10H2,1H3,(H2,22,28)(H,23,24,26). The summed E-state index contributed by atoms with van der Waals surface area (Å²) >= 11 is 0. The number of methoxy groups -OCH3 is 1. The molecule has 5 N–H and O–H groups in total. The van der Waals surface area contributed by atoms with Gasteiger partial charge in [0.05, 0.1) is 18.2 Å². The van der Waals surface area contributed by atoms with Crippen molar-refractivity contribution in [2.24, 2.45) is 5.73 Å². The number of nitrogens with zero attached hydrogens (tertiary/aromatic N) is 4. The second-order valence-corrected chi connectivity index (χ2v) is 6.66. The average molecular weight is 418 g/mol. The number of hydrogen-bond donors (Lipinski definition) is 4. The maximum Gasteiger partial charge on any atom is 0.493 e. The van der Waals surface area contributed by atoms with Gasteiger partial charge in [-0.2, -0.15) is 9.97 Å². The summed E-state index contributed by atoms with van der Waals surface area (Å²) in [6.45, 7) is 0.407. The molecule has 4 aromatic rings. The van der Waals surface area contributed by atoms with Crippen LogP contribution in [0, 0.1) is 0 Å². The van der Waals surface area contributed by atoms with Gasteiger partial charge in [-0.3, -0.25) is 4.79 Å². The summed E-state index contributed by atoms with van der Waals surface area (Å²) in [5, 5.41) is 22.6. The molecule has 156 valence electrons. The van der Waals surface area contributed by atoms with Gasteiger partial charge in [-0.15, -0.1) is 0 Å². The van der Waals surface area contributed by atoms with E-state index in [4.69, 9.17) is 10.5 Å². The molecule has 4 rings (SSSR count). The molecule has 0 aliphatic carbocycles. The Kier molecular flexibility index (Phi) is 5.52. The Labute approximate surface area is 177 Å². The monoisotopic (exact) mass is 418 g/mol. The highest BCUT2D eigenvalue weighted by molar-refractivity contribution is 6.60. The molecule has 0 unspecified atom stereocenters. The van der Waals surface area contributed by atoms with Crippen LogP contribution in [0.1, 0.15) is 15.9 Å². The van der Waals surface area contributed by atoms with Gasteiger partial charge in [0.2, 0.25) is 5.95 Å². The molecule has 0 fully saturated rings. The molecule has 2 aromatic carbocycles. The number of rotatable bonds is 7. The Balaban J connectivity index is 1.82. The first-order chi connectivity index (χ1) is 15.0. The topological polar surface area (TPSA) is 148 Å². The maximum atomic E-state index is 11.8. The van der Waals surface area contributed by atoms with E-state index in [-0.39, 0.29) is 28.8 Å². The van der Waals surface area contributed by atoms with E-state index in [1.165, 1.54) is 17.9 Å². The number of anilines is 1. The predicted molar refractivity (Wildman–Crippen MR) is 115 cm³/mol. The summed E-state index contributed by atoms with van der Waals surface area (Å²) in [5.41, 5.74) is 7.66. The van der Waals surface area contributed by atoms with E-state index in [1.807, 2.05) is 30.3 Å². The van der Waals surface area contributed by atoms with E-state index in [9.17, 15) is 14.8 Å². The molecule has 2 heterocycles. The van der Waals surface area contributed by atoms with Crippen molar-refractivity contribution in [3.05, 3.63) is 65.9 Å². The van der Waals surface area contributed by atoms with E-state index in [0.29, 0.717) is 17.6 Å². The molecule has 2 aromatic heterocycles. The van der Waals surface area contributed by atoms with E-state index < -0.39 is 13.0 Å². The third-order valence-electron chi connectivity index (χ3n) is 4.69. The van der Waals surface area contributed by atoms with Crippen LogP contribution in [0.25, 0.3) is 17.0 Å². The fraction of sp³-hybridized carbons (Fsp3) is 0.100. The number of ether oxygens (including phenoxy) is 1. The molecular formula is C20H19BN6O4. The van der Waals surface area contributed by atoms with Gasteiger partial charge in [-0.1, -0.05) is 36.4 Å². The Morgan fingerprint density at radius 2 is 1.94 bits per heavy atom.